The van der Waals surface area contributed by atoms with Crippen molar-refractivity contribution in [3.63, 3.8) is 0 Å². The van der Waals surface area contributed by atoms with E-state index in [0.29, 0.717) is 11.4 Å². The Hall–Kier alpha value is -4.53. The number of nitrogens with zero attached hydrogens (tertiary/aromatic N) is 3. The molecule has 0 bridgehead atoms. The van der Waals surface area contributed by atoms with Gasteiger partial charge < -0.3 is 19.3 Å². The maximum absolute atomic E-state index is 12.8. The summed E-state index contributed by atoms with van der Waals surface area (Å²) < 4.78 is 15.8. The fraction of sp³-hybridized carbons (Fsp3) is 0.160. The molecule has 2 aromatic heterocycles. The molecule has 0 spiro atoms. The zero-order valence-corrected chi connectivity index (χ0v) is 18.2. The standard InChI is InChI=1S/C25H22N4O5/c30-24(32-17-22-28-23(29-34-22)20-12-7-13-26-15-20)21(14-18-8-3-1-4-9-18)27-25(31)33-16-19-10-5-2-6-11-19/h1-13,15,21H,14,16-17H2,(H,27,31)/t21-/m0/s1. The van der Waals surface area contributed by atoms with Crippen molar-refractivity contribution >= 4 is 12.1 Å². The second-order valence-corrected chi connectivity index (χ2v) is 7.31. The summed E-state index contributed by atoms with van der Waals surface area (Å²) in [6.45, 7) is -0.156. The molecule has 2 aromatic carbocycles. The lowest BCUT2D eigenvalue weighted by atomic mass is 10.1. The van der Waals surface area contributed by atoms with Crippen molar-refractivity contribution in [3.8, 4) is 11.4 Å². The maximum Gasteiger partial charge on any atom is 0.408 e. The Labute approximate surface area is 195 Å². The van der Waals surface area contributed by atoms with Gasteiger partial charge in [-0.2, -0.15) is 4.98 Å². The number of esters is 1. The highest BCUT2D eigenvalue weighted by molar-refractivity contribution is 5.81. The van der Waals surface area contributed by atoms with Crippen molar-refractivity contribution in [2.24, 2.45) is 0 Å². The van der Waals surface area contributed by atoms with Crippen molar-refractivity contribution in [2.45, 2.75) is 25.7 Å². The minimum absolute atomic E-state index is 0.0822. The lowest BCUT2D eigenvalue weighted by Crippen LogP contribution is -2.43. The van der Waals surface area contributed by atoms with E-state index in [2.05, 4.69) is 20.4 Å². The van der Waals surface area contributed by atoms with E-state index in [1.807, 2.05) is 60.7 Å². The second-order valence-electron chi connectivity index (χ2n) is 7.31. The van der Waals surface area contributed by atoms with Crippen LogP contribution >= 0.6 is 0 Å². The predicted octanol–water partition coefficient (Wildman–Crippen LogP) is 3.71. The number of aromatic nitrogens is 3. The Morgan fingerprint density at radius 2 is 1.62 bits per heavy atom. The van der Waals surface area contributed by atoms with E-state index in [1.54, 1.807) is 24.5 Å². The molecule has 0 saturated carbocycles. The summed E-state index contributed by atoms with van der Waals surface area (Å²) in [4.78, 5) is 33.4. The van der Waals surface area contributed by atoms with E-state index in [1.165, 1.54) is 0 Å². The topological polar surface area (TPSA) is 116 Å². The van der Waals surface area contributed by atoms with Gasteiger partial charge >= 0.3 is 12.1 Å². The van der Waals surface area contributed by atoms with E-state index < -0.39 is 18.1 Å². The van der Waals surface area contributed by atoms with Crippen molar-refractivity contribution < 1.29 is 23.6 Å². The summed E-state index contributed by atoms with van der Waals surface area (Å²) in [7, 11) is 0. The van der Waals surface area contributed by atoms with Crippen LogP contribution in [0.2, 0.25) is 0 Å². The van der Waals surface area contributed by atoms with Gasteiger partial charge in [-0.15, -0.1) is 0 Å². The Balaban J connectivity index is 1.37. The number of ether oxygens (including phenoxy) is 2. The van der Waals surface area contributed by atoms with Gasteiger partial charge in [0, 0.05) is 24.4 Å². The largest absolute Gasteiger partial charge is 0.454 e. The van der Waals surface area contributed by atoms with Gasteiger partial charge in [0.05, 0.1) is 0 Å². The van der Waals surface area contributed by atoms with Crippen molar-refractivity contribution in [2.75, 3.05) is 0 Å². The molecule has 4 aromatic rings. The monoisotopic (exact) mass is 458 g/mol. The molecule has 1 N–H and O–H groups in total. The second kappa shape index (κ2) is 11.4. The number of nitrogens with one attached hydrogen (secondary N) is 1. The molecular formula is C25H22N4O5. The average molecular weight is 458 g/mol. The minimum Gasteiger partial charge on any atom is -0.454 e. The molecule has 0 aliphatic heterocycles. The quantitative estimate of drug-likeness (QED) is 0.377. The predicted molar refractivity (Wildman–Crippen MR) is 121 cm³/mol. The van der Waals surface area contributed by atoms with Crippen LogP contribution in [0.5, 0.6) is 0 Å². The number of hydrogen-bond donors (Lipinski definition) is 1. The molecular weight excluding hydrogens is 436 g/mol. The number of amides is 1. The molecule has 1 atom stereocenters. The van der Waals surface area contributed by atoms with Crippen LogP contribution in [0.4, 0.5) is 4.79 Å². The highest BCUT2D eigenvalue weighted by Crippen LogP contribution is 2.14. The first-order valence-corrected chi connectivity index (χ1v) is 10.6. The van der Waals surface area contributed by atoms with Gasteiger partial charge in [-0.3, -0.25) is 4.98 Å². The zero-order valence-electron chi connectivity index (χ0n) is 18.2. The van der Waals surface area contributed by atoms with Gasteiger partial charge in [0.25, 0.3) is 5.89 Å². The van der Waals surface area contributed by atoms with E-state index in [9.17, 15) is 9.59 Å². The molecule has 0 radical (unpaired) electrons. The molecule has 0 aliphatic carbocycles. The summed E-state index contributed by atoms with van der Waals surface area (Å²) in [5, 5.41) is 6.46. The van der Waals surface area contributed by atoms with Crippen LogP contribution in [0.15, 0.2) is 89.7 Å². The summed E-state index contributed by atoms with van der Waals surface area (Å²) in [5.41, 5.74) is 2.36. The smallest absolute Gasteiger partial charge is 0.408 e. The van der Waals surface area contributed by atoms with Crippen LogP contribution in [0.25, 0.3) is 11.4 Å². The van der Waals surface area contributed by atoms with E-state index >= 15 is 0 Å². The van der Waals surface area contributed by atoms with Crippen molar-refractivity contribution in [1.82, 2.24) is 20.4 Å². The van der Waals surface area contributed by atoms with Crippen LogP contribution in [0.3, 0.4) is 0 Å². The van der Waals surface area contributed by atoms with E-state index in [4.69, 9.17) is 14.0 Å². The van der Waals surface area contributed by atoms with Crippen molar-refractivity contribution in [3.05, 3.63) is 102 Å². The third kappa shape index (κ3) is 6.49. The molecule has 1 amide bonds. The first-order chi connectivity index (χ1) is 16.7. The number of rotatable bonds is 9. The Bertz CT molecular complexity index is 1200. The summed E-state index contributed by atoms with van der Waals surface area (Å²) in [6.07, 6.45) is 2.74. The lowest BCUT2D eigenvalue weighted by Gasteiger charge is -2.17. The minimum atomic E-state index is -0.966. The summed E-state index contributed by atoms with van der Waals surface area (Å²) in [5.74, 6) is -0.193. The molecule has 172 valence electrons. The first-order valence-electron chi connectivity index (χ1n) is 10.6. The number of hydrogen-bond acceptors (Lipinski definition) is 8. The SMILES string of the molecule is O=C(N[C@@H](Cc1ccccc1)C(=O)OCc1nc(-c2cccnc2)no1)OCc1ccccc1. The summed E-state index contributed by atoms with van der Waals surface area (Å²) in [6, 6.07) is 21.1. The van der Waals surface area contributed by atoms with E-state index in [-0.39, 0.29) is 25.5 Å². The van der Waals surface area contributed by atoms with Gasteiger partial charge in [-0.1, -0.05) is 65.8 Å². The third-order valence-corrected chi connectivity index (χ3v) is 4.80. The molecule has 2 heterocycles. The molecule has 0 aliphatic rings. The normalized spacial score (nSPS) is 11.4. The Kier molecular flexibility index (Phi) is 7.58. The molecule has 9 nitrogen and oxygen atoms in total. The lowest BCUT2D eigenvalue weighted by molar-refractivity contribution is -0.148. The maximum atomic E-state index is 12.8. The number of pyridine rings is 1. The van der Waals surface area contributed by atoms with Crippen LogP contribution < -0.4 is 5.32 Å². The van der Waals surface area contributed by atoms with Gasteiger partial charge in [0.2, 0.25) is 5.82 Å². The Morgan fingerprint density at radius 1 is 0.882 bits per heavy atom. The fourth-order valence-electron chi connectivity index (χ4n) is 3.11. The number of benzene rings is 2. The molecule has 34 heavy (non-hydrogen) atoms. The first kappa shape index (κ1) is 22.7. The van der Waals surface area contributed by atoms with Crippen molar-refractivity contribution in [1.29, 1.82) is 0 Å². The number of alkyl carbamates (subject to hydrolysis) is 1. The van der Waals surface area contributed by atoms with Crippen LogP contribution in [0.1, 0.15) is 17.0 Å². The highest BCUT2D eigenvalue weighted by Gasteiger charge is 2.24. The van der Waals surface area contributed by atoms with Gasteiger partial charge in [0.1, 0.15) is 12.6 Å². The Morgan fingerprint density at radius 3 is 2.32 bits per heavy atom. The summed E-state index contributed by atoms with van der Waals surface area (Å²) >= 11 is 0. The zero-order chi connectivity index (χ0) is 23.6. The number of carbonyl (C=O) groups is 2. The van der Waals surface area contributed by atoms with E-state index in [0.717, 1.165) is 11.1 Å². The highest BCUT2D eigenvalue weighted by atomic mass is 16.6. The molecule has 0 saturated heterocycles. The number of carbonyl (C=O) groups excluding carboxylic acids is 2. The van der Waals surface area contributed by atoms with Crippen LogP contribution in [-0.4, -0.2) is 33.2 Å². The molecule has 4 rings (SSSR count). The van der Waals surface area contributed by atoms with Crippen LogP contribution in [-0.2, 0) is 33.9 Å². The average Bonchev–Trinajstić information content (AvgIpc) is 3.37. The molecule has 0 unspecified atom stereocenters. The van der Waals surface area contributed by atoms with Gasteiger partial charge in [-0.25, -0.2) is 9.59 Å². The fourth-order valence-corrected chi connectivity index (χ4v) is 3.11. The third-order valence-electron chi connectivity index (χ3n) is 4.80. The van der Waals surface area contributed by atoms with Gasteiger partial charge in [-0.05, 0) is 23.3 Å². The van der Waals surface area contributed by atoms with Crippen LogP contribution in [0, 0.1) is 0 Å². The van der Waals surface area contributed by atoms with Gasteiger partial charge in [0.15, 0.2) is 6.61 Å². The molecule has 0 fully saturated rings. The molecule has 9 heteroatoms.